The van der Waals surface area contributed by atoms with Gasteiger partial charge in [0.1, 0.15) is 11.2 Å². The van der Waals surface area contributed by atoms with Crippen LogP contribution < -0.4 is 14.4 Å². The Hall–Kier alpha value is -4.58. The van der Waals surface area contributed by atoms with Crippen LogP contribution in [0, 0.1) is 0 Å². The summed E-state index contributed by atoms with van der Waals surface area (Å²) >= 11 is 3.68. The van der Waals surface area contributed by atoms with E-state index in [1.54, 1.807) is 0 Å². The number of aryl methyl sites for hydroxylation is 1. The molecule has 5 heteroatoms. The zero-order chi connectivity index (χ0) is 29.9. The molecule has 0 atom stereocenters. The first-order valence-corrected chi connectivity index (χ1v) is 16.8. The zero-order valence-corrected chi connectivity index (χ0v) is 26.6. The summed E-state index contributed by atoms with van der Waals surface area (Å²) < 4.78 is 3.71. The molecular weight excluding hydrogens is 575 g/mol. The molecule has 0 saturated carbocycles. The van der Waals surface area contributed by atoms with Crippen LogP contribution in [0.25, 0.3) is 16.3 Å². The number of fused-ring (bicyclic) bond motifs is 2. The third-order valence-corrected chi connectivity index (χ3v) is 10.2. The fourth-order valence-corrected chi connectivity index (χ4v) is 8.18. The van der Waals surface area contributed by atoms with Gasteiger partial charge in [0, 0.05) is 35.0 Å². The van der Waals surface area contributed by atoms with Crippen LogP contribution in [0.4, 0.5) is 17.1 Å². The van der Waals surface area contributed by atoms with Gasteiger partial charge < -0.3 is 9.80 Å². The first-order valence-electron chi connectivity index (χ1n) is 15.1. The fourth-order valence-electron chi connectivity index (χ4n) is 5.92. The van der Waals surface area contributed by atoms with Crippen LogP contribution in [0.15, 0.2) is 166 Å². The maximum Gasteiger partial charge on any atom is 0.262 e. The average Bonchev–Trinajstić information content (AvgIpc) is 3.76. The van der Waals surface area contributed by atoms with Gasteiger partial charge in [-0.15, -0.1) is 0 Å². The average molecular weight is 609 g/mol. The van der Waals surface area contributed by atoms with Gasteiger partial charge >= 0.3 is 0 Å². The largest absolute Gasteiger partial charge is 0.335 e. The highest BCUT2D eigenvalue weighted by Gasteiger charge is 2.25. The van der Waals surface area contributed by atoms with E-state index in [2.05, 4.69) is 174 Å². The molecule has 3 nitrogen and oxygen atoms in total. The van der Waals surface area contributed by atoms with Crippen molar-refractivity contribution in [2.24, 2.45) is 0 Å². The minimum Gasteiger partial charge on any atom is -0.335 e. The van der Waals surface area contributed by atoms with Gasteiger partial charge in [-0.05, 0) is 79.6 Å². The van der Waals surface area contributed by atoms with Gasteiger partial charge in [0.2, 0.25) is 5.52 Å². The Kier molecular flexibility index (Phi) is 8.06. The Morgan fingerprint density at radius 1 is 0.727 bits per heavy atom. The summed E-state index contributed by atoms with van der Waals surface area (Å²) in [6, 6.07) is 38.7. The van der Waals surface area contributed by atoms with Gasteiger partial charge in [-0.1, -0.05) is 102 Å². The molecule has 2 heterocycles. The van der Waals surface area contributed by atoms with Crippen molar-refractivity contribution in [3.05, 3.63) is 166 Å². The Morgan fingerprint density at radius 3 is 2.14 bits per heavy atom. The van der Waals surface area contributed by atoms with Crippen molar-refractivity contribution < 1.29 is 4.57 Å². The third kappa shape index (κ3) is 5.34. The summed E-state index contributed by atoms with van der Waals surface area (Å²) in [5.74, 6) is 0. The minimum absolute atomic E-state index is 0.929. The van der Waals surface area contributed by atoms with E-state index in [9.17, 15) is 0 Å². The highest BCUT2D eigenvalue weighted by Crippen LogP contribution is 2.46. The van der Waals surface area contributed by atoms with E-state index in [0.717, 1.165) is 24.5 Å². The monoisotopic (exact) mass is 608 g/mol. The summed E-state index contributed by atoms with van der Waals surface area (Å²) in [6.07, 6.45) is 13.7. The van der Waals surface area contributed by atoms with Crippen molar-refractivity contribution >= 4 is 56.5 Å². The van der Waals surface area contributed by atoms with E-state index in [4.69, 9.17) is 0 Å². The number of benzene rings is 4. The van der Waals surface area contributed by atoms with E-state index < -0.39 is 0 Å². The predicted octanol–water partition coefficient (Wildman–Crippen LogP) is 10.3. The molecule has 0 spiro atoms. The smallest absolute Gasteiger partial charge is 0.262 e. The molecule has 2 aliphatic rings. The summed E-state index contributed by atoms with van der Waals surface area (Å²) in [5, 5.41) is 2.50. The summed E-state index contributed by atoms with van der Waals surface area (Å²) in [6.45, 7) is 6.30. The number of thiazole rings is 1. The quantitative estimate of drug-likeness (QED) is 0.162. The van der Waals surface area contributed by atoms with Crippen LogP contribution in [0.3, 0.4) is 0 Å². The lowest BCUT2D eigenvalue weighted by molar-refractivity contribution is -0.665. The molecule has 44 heavy (non-hydrogen) atoms. The second-order valence-corrected chi connectivity index (χ2v) is 12.7. The predicted molar refractivity (Wildman–Crippen MR) is 189 cm³/mol. The molecule has 0 radical (unpaired) electrons. The van der Waals surface area contributed by atoms with Crippen LogP contribution in [-0.4, -0.2) is 6.54 Å². The Morgan fingerprint density at radius 2 is 1.41 bits per heavy atom. The van der Waals surface area contributed by atoms with E-state index in [1.165, 1.54) is 47.7 Å². The van der Waals surface area contributed by atoms with Crippen LogP contribution in [0.5, 0.6) is 0 Å². The standard InChI is InChI=1S/C39H34N3S2/c1-3-40-33-19-11-13-21-35(33)43-37(40)27-25-29-23-24-30(26-28-38-41(4-2)34-20-12-14-22-36(34)44-38)39(29)42(31-15-7-5-8-16-31)32-17-9-6-10-18-32/h5-28H,3-4H2,1-2H3/q+1. The van der Waals surface area contributed by atoms with Crippen molar-refractivity contribution in [1.82, 2.24) is 0 Å². The van der Waals surface area contributed by atoms with Gasteiger partial charge in [0.05, 0.1) is 16.4 Å². The number of hydrogen-bond donors (Lipinski definition) is 0. The van der Waals surface area contributed by atoms with Crippen LogP contribution >= 0.6 is 23.1 Å². The molecule has 1 aliphatic heterocycles. The van der Waals surface area contributed by atoms with Gasteiger partial charge in [-0.3, -0.25) is 0 Å². The Labute approximate surface area is 268 Å². The number of rotatable bonds is 8. The van der Waals surface area contributed by atoms with Crippen LogP contribution in [0.2, 0.25) is 0 Å². The molecular formula is C39H34N3S2+. The number of aromatic nitrogens is 1. The molecule has 7 rings (SSSR count). The van der Waals surface area contributed by atoms with Crippen molar-refractivity contribution in [2.75, 3.05) is 16.3 Å². The zero-order valence-electron chi connectivity index (χ0n) is 24.9. The number of anilines is 3. The lowest BCUT2D eigenvalue weighted by atomic mass is 10.1. The fraction of sp³-hybridized carbons (Fsp3) is 0.103. The molecule has 5 aromatic rings. The molecule has 216 valence electrons. The number of nitrogens with zero attached hydrogens (tertiary/aromatic N) is 3. The normalized spacial score (nSPS) is 16.3. The van der Waals surface area contributed by atoms with Crippen molar-refractivity contribution in [2.45, 2.75) is 25.3 Å². The lowest BCUT2D eigenvalue weighted by Gasteiger charge is -2.28. The molecule has 0 N–H and O–H groups in total. The lowest BCUT2D eigenvalue weighted by Crippen LogP contribution is -2.33. The number of allylic oxidation sites excluding steroid dienone is 6. The third-order valence-electron chi connectivity index (χ3n) is 7.96. The molecule has 0 amide bonds. The highest BCUT2D eigenvalue weighted by molar-refractivity contribution is 8.03. The summed E-state index contributed by atoms with van der Waals surface area (Å²) in [5.41, 5.74) is 8.36. The first kappa shape index (κ1) is 28.2. The van der Waals surface area contributed by atoms with Gasteiger partial charge in [0.15, 0.2) is 0 Å². The van der Waals surface area contributed by atoms with Gasteiger partial charge in [-0.25, -0.2) is 0 Å². The Balaban J connectivity index is 1.36. The van der Waals surface area contributed by atoms with Gasteiger partial charge in [-0.2, -0.15) is 4.57 Å². The maximum atomic E-state index is 2.40. The van der Waals surface area contributed by atoms with Crippen LogP contribution in [-0.2, 0) is 6.54 Å². The molecule has 4 aromatic carbocycles. The Bertz CT molecular complexity index is 1920. The number of para-hydroxylation sites is 4. The van der Waals surface area contributed by atoms with Gasteiger partial charge in [0.25, 0.3) is 5.01 Å². The molecule has 1 aliphatic carbocycles. The first-order chi connectivity index (χ1) is 21.7. The molecule has 1 aromatic heterocycles. The molecule has 0 saturated heterocycles. The van der Waals surface area contributed by atoms with Crippen molar-refractivity contribution in [3.63, 3.8) is 0 Å². The second-order valence-electron chi connectivity index (χ2n) is 10.6. The highest BCUT2D eigenvalue weighted by atomic mass is 32.2. The SMILES string of the molecule is CCN1/C(=C/C=C2\C=CC(/C=C/c3sc4ccccc4[n+]3CC)=C2N(c2ccccc2)c2ccccc2)Sc2ccccc21. The number of hydrogen-bond acceptors (Lipinski definition) is 4. The molecule has 0 fully saturated rings. The van der Waals surface area contributed by atoms with Crippen molar-refractivity contribution in [1.29, 1.82) is 0 Å². The summed E-state index contributed by atoms with van der Waals surface area (Å²) in [4.78, 5) is 6.09. The van der Waals surface area contributed by atoms with Crippen LogP contribution in [0.1, 0.15) is 18.9 Å². The molecule has 0 bridgehead atoms. The van der Waals surface area contributed by atoms with Crippen molar-refractivity contribution in [3.8, 4) is 0 Å². The maximum absolute atomic E-state index is 2.40. The van der Waals surface area contributed by atoms with E-state index >= 15 is 0 Å². The molecule has 0 unspecified atom stereocenters. The topological polar surface area (TPSA) is 10.4 Å². The van der Waals surface area contributed by atoms with E-state index in [1.807, 2.05) is 23.1 Å². The second kappa shape index (κ2) is 12.6. The number of thioether (sulfide) groups is 1. The van der Waals surface area contributed by atoms with E-state index in [0.29, 0.717) is 0 Å². The van der Waals surface area contributed by atoms with E-state index in [-0.39, 0.29) is 0 Å². The summed E-state index contributed by atoms with van der Waals surface area (Å²) in [7, 11) is 0. The minimum atomic E-state index is 0.929.